The highest BCUT2D eigenvalue weighted by atomic mass is 32.2. The van der Waals surface area contributed by atoms with E-state index in [-0.39, 0.29) is 0 Å². The maximum absolute atomic E-state index is 6.24. The van der Waals surface area contributed by atoms with Gasteiger partial charge in [0.05, 0.1) is 35.9 Å². The fourth-order valence-corrected chi connectivity index (χ4v) is 7.91. The normalized spacial score (nSPS) is 24.2. The van der Waals surface area contributed by atoms with Gasteiger partial charge in [-0.2, -0.15) is 23.5 Å². The lowest BCUT2D eigenvalue weighted by Crippen LogP contribution is -2.29. The zero-order chi connectivity index (χ0) is 24.1. The molecule has 34 heavy (non-hydrogen) atoms. The average Bonchev–Trinajstić information content (AvgIpc) is 3.44. The number of rotatable bonds is 24. The van der Waals surface area contributed by atoms with Crippen molar-refractivity contribution in [2.75, 3.05) is 24.7 Å². The largest absolute Gasteiger partial charge is 0.373 e. The Morgan fingerprint density at radius 2 is 0.735 bits per heavy atom. The molecular formula is C30H58O2S2. The Morgan fingerprint density at radius 3 is 1.06 bits per heavy atom. The first kappa shape index (κ1) is 30.8. The predicted octanol–water partition coefficient (Wildman–Crippen LogP) is 9.83. The first-order valence-corrected chi connectivity index (χ1v) is 17.4. The molecule has 4 unspecified atom stereocenters. The van der Waals surface area contributed by atoms with Crippen LogP contribution < -0.4 is 0 Å². The van der Waals surface area contributed by atoms with E-state index in [9.17, 15) is 0 Å². The van der Waals surface area contributed by atoms with Crippen LogP contribution in [0.25, 0.3) is 0 Å². The molecule has 2 aliphatic rings. The zero-order valence-corrected chi connectivity index (χ0v) is 24.5. The summed E-state index contributed by atoms with van der Waals surface area (Å²) >= 11 is 4.25. The maximum atomic E-state index is 6.24. The fourth-order valence-electron chi connectivity index (χ4n) is 5.36. The van der Waals surface area contributed by atoms with Crippen LogP contribution in [0.4, 0.5) is 0 Å². The second-order valence-electron chi connectivity index (χ2n) is 10.8. The summed E-state index contributed by atoms with van der Waals surface area (Å²) in [6, 6.07) is 0. The van der Waals surface area contributed by atoms with E-state index >= 15 is 0 Å². The molecule has 202 valence electrons. The first-order valence-electron chi connectivity index (χ1n) is 15.3. The van der Waals surface area contributed by atoms with Gasteiger partial charge in [0, 0.05) is 0 Å². The summed E-state index contributed by atoms with van der Waals surface area (Å²) in [7, 11) is 0. The van der Waals surface area contributed by atoms with Crippen LogP contribution in [0.5, 0.6) is 0 Å². The van der Waals surface area contributed by atoms with Crippen molar-refractivity contribution in [2.24, 2.45) is 0 Å². The Morgan fingerprint density at radius 1 is 0.441 bits per heavy atom. The number of hydrogen-bond acceptors (Lipinski definition) is 4. The molecule has 2 heterocycles. The van der Waals surface area contributed by atoms with Crippen LogP contribution in [0.3, 0.4) is 0 Å². The van der Waals surface area contributed by atoms with Crippen molar-refractivity contribution < 1.29 is 9.47 Å². The Kier molecular flexibility index (Phi) is 19.7. The van der Waals surface area contributed by atoms with Crippen LogP contribution in [-0.4, -0.2) is 47.4 Å². The number of unbranched alkanes of at least 4 members (excludes halogenated alkanes) is 18. The van der Waals surface area contributed by atoms with Gasteiger partial charge >= 0.3 is 0 Å². The summed E-state index contributed by atoms with van der Waals surface area (Å²) in [5, 5.41) is 1.15. The van der Waals surface area contributed by atoms with E-state index in [2.05, 4.69) is 37.4 Å². The molecule has 0 aromatic heterocycles. The highest BCUT2D eigenvalue weighted by Gasteiger charge is 2.47. The van der Waals surface area contributed by atoms with Crippen LogP contribution in [0.1, 0.15) is 142 Å². The Labute approximate surface area is 222 Å². The summed E-state index contributed by atoms with van der Waals surface area (Å²) in [4.78, 5) is 0. The first-order chi connectivity index (χ1) is 16.9. The minimum atomic E-state index is 0.360. The second kappa shape index (κ2) is 21.7. The van der Waals surface area contributed by atoms with Gasteiger partial charge in [-0.25, -0.2) is 0 Å². The number of hydrogen-bond donors (Lipinski definition) is 0. The van der Waals surface area contributed by atoms with Crippen LogP contribution in [-0.2, 0) is 9.47 Å². The number of thioether (sulfide) groups is 2. The van der Waals surface area contributed by atoms with Gasteiger partial charge < -0.3 is 9.47 Å². The van der Waals surface area contributed by atoms with Crippen molar-refractivity contribution in [1.82, 2.24) is 0 Å². The van der Waals surface area contributed by atoms with Crippen LogP contribution in [0.15, 0.2) is 0 Å². The smallest absolute Gasteiger partial charge is 0.0989 e. The van der Waals surface area contributed by atoms with E-state index < -0.39 is 0 Å². The van der Waals surface area contributed by atoms with Crippen molar-refractivity contribution in [3.8, 4) is 0 Å². The summed E-state index contributed by atoms with van der Waals surface area (Å²) in [6.45, 7) is 6.41. The Balaban J connectivity index is 1.38. The Hall–Kier alpha value is 0.620. The van der Waals surface area contributed by atoms with Crippen LogP contribution in [0.2, 0.25) is 0 Å². The summed E-state index contributed by atoms with van der Waals surface area (Å²) < 4.78 is 12.5. The summed E-state index contributed by atoms with van der Waals surface area (Å²) in [6.07, 6.45) is 29.1. The average molecular weight is 515 g/mol. The molecule has 0 spiro atoms. The summed E-state index contributed by atoms with van der Waals surface area (Å²) in [5.74, 6) is 2.57. The molecule has 4 atom stereocenters. The lowest BCUT2D eigenvalue weighted by molar-refractivity contribution is 0.0745. The van der Waals surface area contributed by atoms with Gasteiger partial charge in [-0.05, 0) is 24.3 Å². The molecular weight excluding hydrogens is 456 g/mol. The molecule has 0 aliphatic carbocycles. The third-order valence-corrected chi connectivity index (χ3v) is 10.3. The predicted molar refractivity (Wildman–Crippen MR) is 156 cm³/mol. The third kappa shape index (κ3) is 13.8. The van der Waals surface area contributed by atoms with Crippen molar-refractivity contribution in [1.29, 1.82) is 0 Å². The van der Waals surface area contributed by atoms with Gasteiger partial charge in [-0.1, -0.05) is 129 Å². The van der Waals surface area contributed by atoms with E-state index in [1.165, 1.54) is 140 Å². The number of fused-ring (bicyclic) bond motifs is 1. The standard InChI is InChI=1S/C30H58O2S2/c1-3-5-7-9-11-13-15-17-19-21-23-33-27-25-31-30-28(26-32-29(27)30)34-24-22-20-18-16-14-12-10-8-6-4-2/h27-30H,3-26H2,1-2H3. The minimum absolute atomic E-state index is 0.360. The molecule has 0 bridgehead atoms. The molecule has 2 rings (SSSR count). The molecule has 0 radical (unpaired) electrons. The lowest BCUT2D eigenvalue weighted by Gasteiger charge is -2.16. The molecule has 4 heteroatoms. The monoisotopic (exact) mass is 514 g/mol. The van der Waals surface area contributed by atoms with Gasteiger partial charge in [0.2, 0.25) is 0 Å². The van der Waals surface area contributed by atoms with Gasteiger partial charge in [-0.3, -0.25) is 0 Å². The highest BCUT2D eigenvalue weighted by molar-refractivity contribution is 8.00. The van der Waals surface area contributed by atoms with Crippen molar-refractivity contribution in [3.05, 3.63) is 0 Å². The minimum Gasteiger partial charge on any atom is -0.373 e. The quantitative estimate of drug-likeness (QED) is 0.119. The Bertz CT molecular complexity index is 408. The molecule has 0 aromatic rings. The summed E-state index contributed by atoms with van der Waals surface area (Å²) in [5.41, 5.74) is 0. The van der Waals surface area contributed by atoms with E-state index in [4.69, 9.17) is 9.47 Å². The van der Waals surface area contributed by atoms with Crippen LogP contribution in [0, 0.1) is 0 Å². The van der Waals surface area contributed by atoms with E-state index in [1.807, 2.05) is 0 Å². The van der Waals surface area contributed by atoms with Crippen molar-refractivity contribution in [2.45, 2.75) is 165 Å². The van der Waals surface area contributed by atoms with Crippen molar-refractivity contribution >= 4 is 23.5 Å². The third-order valence-electron chi connectivity index (χ3n) is 7.62. The molecule has 0 N–H and O–H groups in total. The second-order valence-corrected chi connectivity index (χ2v) is 13.5. The fraction of sp³-hybridized carbons (Fsp3) is 1.00. The number of ether oxygens (including phenoxy) is 2. The maximum Gasteiger partial charge on any atom is 0.0989 e. The van der Waals surface area contributed by atoms with Gasteiger partial charge in [0.25, 0.3) is 0 Å². The molecule has 0 saturated carbocycles. The van der Waals surface area contributed by atoms with Gasteiger partial charge in [0.1, 0.15) is 0 Å². The highest BCUT2D eigenvalue weighted by Crippen LogP contribution is 2.39. The topological polar surface area (TPSA) is 18.5 Å². The lowest BCUT2D eigenvalue weighted by atomic mass is 10.1. The van der Waals surface area contributed by atoms with Crippen LogP contribution >= 0.6 is 23.5 Å². The van der Waals surface area contributed by atoms with Gasteiger partial charge in [0.15, 0.2) is 0 Å². The molecule has 2 fully saturated rings. The molecule has 0 amide bonds. The molecule has 2 aliphatic heterocycles. The zero-order valence-electron chi connectivity index (χ0n) is 22.9. The van der Waals surface area contributed by atoms with Gasteiger partial charge in [-0.15, -0.1) is 0 Å². The van der Waals surface area contributed by atoms with E-state index in [0.29, 0.717) is 22.7 Å². The molecule has 0 aromatic carbocycles. The van der Waals surface area contributed by atoms with Crippen molar-refractivity contribution in [3.63, 3.8) is 0 Å². The molecule has 2 saturated heterocycles. The van der Waals surface area contributed by atoms with E-state index in [0.717, 1.165) is 13.2 Å². The molecule has 2 nitrogen and oxygen atoms in total. The SMILES string of the molecule is CCCCCCCCCCCCSC1COC2C(SCCCCCCCCCCCC)COC12. The van der Waals surface area contributed by atoms with E-state index in [1.54, 1.807) is 0 Å².